The summed E-state index contributed by atoms with van der Waals surface area (Å²) in [6.07, 6.45) is 1.81. The maximum Gasteiger partial charge on any atom is 0.340 e. The SMILES string of the molecule is COC(=O)c1cc(NC(=O)C2CC(C)CCN2)ccc1F. The van der Waals surface area contributed by atoms with Gasteiger partial charge >= 0.3 is 5.97 Å². The maximum atomic E-state index is 13.5. The molecule has 21 heavy (non-hydrogen) atoms. The summed E-state index contributed by atoms with van der Waals surface area (Å²) in [6.45, 7) is 2.91. The first-order chi connectivity index (χ1) is 10.0. The minimum Gasteiger partial charge on any atom is -0.465 e. The Hall–Kier alpha value is -1.95. The lowest BCUT2D eigenvalue weighted by Gasteiger charge is -2.27. The third-order valence-electron chi connectivity index (χ3n) is 3.62. The fourth-order valence-corrected chi connectivity index (χ4v) is 2.41. The van der Waals surface area contributed by atoms with Crippen LogP contribution in [0, 0.1) is 11.7 Å². The highest BCUT2D eigenvalue weighted by molar-refractivity contribution is 5.97. The number of benzene rings is 1. The van der Waals surface area contributed by atoms with Gasteiger partial charge in [0.25, 0.3) is 0 Å². The van der Waals surface area contributed by atoms with E-state index in [0.29, 0.717) is 11.6 Å². The summed E-state index contributed by atoms with van der Waals surface area (Å²) in [5.41, 5.74) is 0.182. The van der Waals surface area contributed by atoms with Crippen molar-refractivity contribution in [2.75, 3.05) is 19.0 Å². The zero-order valence-corrected chi connectivity index (χ0v) is 12.1. The van der Waals surface area contributed by atoms with Crippen LogP contribution in [0.15, 0.2) is 18.2 Å². The lowest BCUT2D eigenvalue weighted by atomic mass is 9.94. The van der Waals surface area contributed by atoms with E-state index in [1.807, 2.05) is 0 Å². The Bertz CT molecular complexity index is 548. The molecule has 2 unspecified atom stereocenters. The van der Waals surface area contributed by atoms with Gasteiger partial charge in [-0.05, 0) is 43.5 Å². The normalized spacial score (nSPS) is 21.7. The fraction of sp³-hybridized carbons (Fsp3) is 0.467. The van der Waals surface area contributed by atoms with Gasteiger partial charge < -0.3 is 15.4 Å². The van der Waals surface area contributed by atoms with Crippen LogP contribution >= 0.6 is 0 Å². The van der Waals surface area contributed by atoms with Crippen LogP contribution in [0.25, 0.3) is 0 Å². The van der Waals surface area contributed by atoms with E-state index in [2.05, 4.69) is 22.3 Å². The molecule has 1 aliphatic rings. The fourth-order valence-electron chi connectivity index (χ4n) is 2.41. The largest absolute Gasteiger partial charge is 0.465 e. The average molecular weight is 294 g/mol. The Morgan fingerprint density at radius 1 is 1.43 bits per heavy atom. The molecule has 0 saturated carbocycles. The van der Waals surface area contributed by atoms with E-state index >= 15 is 0 Å². The molecular formula is C15H19FN2O3. The summed E-state index contributed by atoms with van der Waals surface area (Å²) < 4.78 is 18.0. The minimum absolute atomic E-state index is 0.177. The van der Waals surface area contributed by atoms with Gasteiger partial charge in [0.05, 0.1) is 18.7 Å². The molecule has 1 aliphatic heterocycles. The Balaban J connectivity index is 2.08. The molecule has 1 aromatic carbocycles. The van der Waals surface area contributed by atoms with Crippen molar-refractivity contribution in [1.82, 2.24) is 5.32 Å². The van der Waals surface area contributed by atoms with E-state index in [-0.39, 0.29) is 17.5 Å². The Kier molecular flexibility index (Phi) is 4.90. The van der Waals surface area contributed by atoms with Gasteiger partial charge in [-0.25, -0.2) is 9.18 Å². The summed E-state index contributed by atoms with van der Waals surface area (Å²) >= 11 is 0. The van der Waals surface area contributed by atoms with Crippen LogP contribution in [0.2, 0.25) is 0 Å². The molecule has 5 nitrogen and oxygen atoms in total. The van der Waals surface area contributed by atoms with Gasteiger partial charge in [-0.15, -0.1) is 0 Å². The molecule has 0 bridgehead atoms. The van der Waals surface area contributed by atoms with E-state index in [1.165, 1.54) is 19.2 Å². The molecule has 1 heterocycles. The number of halogens is 1. The van der Waals surface area contributed by atoms with Crippen LogP contribution in [0.1, 0.15) is 30.1 Å². The van der Waals surface area contributed by atoms with Gasteiger partial charge in [-0.2, -0.15) is 0 Å². The summed E-state index contributed by atoms with van der Waals surface area (Å²) in [5.74, 6) is -1.14. The van der Waals surface area contributed by atoms with Crippen molar-refractivity contribution < 1.29 is 18.7 Å². The van der Waals surface area contributed by atoms with Crippen molar-refractivity contribution in [1.29, 1.82) is 0 Å². The molecular weight excluding hydrogens is 275 g/mol. The number of hydrogen-bond acceptors (Lipinski definition) is 4. The molecule has 1 fully saturated rings. The Morgan fingerprint density at radius 2 is 2.19 bits per heavy atom. The van der Waals surface area contributed by atoms with Gasteiger partial charge in [0.2, 0.25) is 5.91 Å². The second-order valence-electron chi connectivity index (χ2n) is 5.31. The molecule has 2 N–H and O–H groups in total. The molecule has 6 heteroatoms. The number of hydrogen-bond donors (Lipinski definition) is 2. The molecule has 0 radical (unpaired) electrons. The van der Waals surface area contributed by atoms with E-state index in [1.54, 1.807) is 0 Å². The standard InChI is InChI=1S/C15H19FN2O3/c1-9-5-6-17-13(7-9)14(19)18-10-3-4-12(16)11(8-10)15(20)21-2/h3-4,8-9,13,17H,5-7H2,1-2H3,(H,18,19). The van der Waals surface area contributed by atoms with Crippen LogP contribution in [-0.4, -0.2) is 31.6 Å². The zero-order chi connectivity index (χ0) is 15.4. The summed E-state index contributed by atoms with van der Waals surface area (Å²) in [6, 6.07) is 3.58. The maximum absolute atomic E-state index is 13.5. The van der Waals surface area contributed by atoms with Gasteiger partial charge in [0.1, 0.15) is 5.82 Å². The third-order valence-corrected chi connectivity index (χ3v) is 3.62. The van der Waals surface area contributed by atoms with E-state index in [0.717, 1.165) is 25.5 Å². The predicted molar refractivity (Wildman–Crippen MR) is 76.6 cm³/mol. The smallest absolute Gasteiger partial charge is 0.340 e. The van der Waals surface area contributed by atoms with Gasteiger partial charge in [-0.3, -0.25) is 4.79 Å². The molecule has 1 saturated heterocycles. The first-order valence-corrected chi connectivity index (χ1v) is 6.93. The Labute approximate surface area is 122 Å². The molecule has 0 spiro atoms. The number of carbonyl (C=O) groups excluding carboxylic acids is 2. The van der Waals surface area contributed by atoms with Crippen LogP contribution in [0.4, 0.5) is 10.1 Å². The van der Waals surface area contributed by atoms with Crippen LogP contribution in [-0.2, 0) is 9.53 Å². The summed E-state index contributed by atoms with van der Waals surface area (Å²) in [5, 5.41) is 5.85. The molecule has 2 rings (SSSR count). The highest BCUT2D eigenvalue weighted by Gasteiger charge is 2.24. The predicted octanol–water partition coefficient (Wildman–Crippen LogP) is 1.94. The topological polar surface area (TPSA) is 67.4 Å². The zero-order valence-electron chi connectivity index (χ0n) is 12.1. The molecule has 2 atom stereocenters. The lowest BCUT2D eigenvalue weighted by molar-refractivity contribution is -0.119. The number of ether oxygens (including phenoxy) is 1. The third kappa shape index (κ3) is 3.78. The number of piperidine rings is 1. The number of carbonyl (C=O) groups is 2. The number of nitrogens with one attached hydrogen (secondary N) is 2. The Morgan fingerprint density at radius 3 is 2.86 bits per heavy atom. The van der Waals surface area contributed by atoms with E-state index < -0.39 is 11.8 Å². The summed E-state index contributed by atoms with van der Waals surface area (Å²) in [7, 11) is 1.18. The van der Waals surface area contributed by atoms with Crippen molar-refractivity contribution in [2.45, 2.75) is 25.8 Å². The van der Waals surface area contributed by atoms with Gasteiger partial charge in [0.15, 0.2) is 0 Å². The number of esters is 1. The second-order valence-corrected chi connectivity index (χ2v) is 5.31. The van der Waals surface area contributed by atoms with Crippen molar-refractivity contribution in [3.63, 3.8) is 0 Å². The molecule has 1 amide bonds. The number of rotatable bonds is 3. The number of amides is 1. The monoisotopic (exact) mass is 294 g/mol. The minimum atomic E-state index is -0.770. The summed E-state index contributed by atoms with van der Waals surface area (Å²) in [4.78, 5) is 23.6. The molecule has 0 aliphatic carbocycles. The highest BCUT2D eigenvalue weighted by atomic mass is 19.1. The lowest BCUT2D eigenvalue weighted by Crippen LogP contribution is -2.45. The molecule has 1 aromatic rings. The van der Waals surface area contributed by atoms with Crippen molar-refractivity contribution >= 4 is 17.6 Å². The van der Waals surface area contributed by atoms with Crippen LogP contribution < -0.4 is 10.6 Å². The van der Waals surface area contributed by atoms with Gasteiger partial charge in [-0.1, -0.05) is 6.92 Å². The average Bonchev–Trinajstić information content (AvgIpc) is 2.48. The van der Waals surface area contributed by atoms with Crippen LogP contribution in [0.5, 0.6) is 0 Å². The van der Waals surface area contributed by atoms with Gasteiger partial charge in [0, 0.05) is 5.69 Å². The van der Waals surface area contributed by atoms with E-state index in [4.69, 9.17) is 0 Å². The van der Waals surface area contributed by atoms with Crippen LogP contribution in [0.3, 0.4) is 0 Å². The molecule has 0 aromatic heterocycles. The van der Waals surface area contributed by atoms with Crippen molar-refractivity contribution in [3.05, 3.63) is 29.6 Å². The number of anilines is 1. The van der Waals surface area contributed by atoms with E-state index in [9.17, 15) is 14.0 Å². The second kappa shape index (κ2) is 6.67. The molecule has 114 valence electrons. The highest BCUT2D eigenvalue weighted by Crippen LogP contribution is 2.19. The quantitative estimate of drug-likeness (QED) is 0.836. The number of methoxy groups -OCH3 is 1. The van der Waals surface area contributed by atoms with Crippen molar-refractivity contribution in [3.8, 4) is 0 Å². The first-order valence-electron chi connectivity index (χ1n) is 6.93. The van der Waals surface area contributed by atoms with Crippen molar-refractivity contribution in [2.24, 2.45) is 5.92 Å². The first kappa shape index (κ1) is 15.4.